The van der Waals surface area contributed by atoms with Gasteiger partial charge in [0.2, 0.25) is 23.8 Å². The molecule has 12 heterocycles. The van der Waals surface area contributed by atoms with E-state index in [0.29, 0.717) is 82.5 Å². The molecule has 0 unspecified atom stereocenters. The van der Waals surface area contributed by atoms with Gasteiger partial charge >= 0.3 is 0 Å². The smallest absolute Gasteiger partial charge is 0.279 e. The molecule has 6 aromatic heterocycles. The maximum absolute atomic E-state index is 13.0. The predicted molar refractivity (Wildman–Crippen MR) is 399 cm³/mol. The van der Waals surface area contributed by atoms with Crippen LogP contribution < -0.4 is 60.0 Å². The summed E-state index contributed by atoms with van der Waals surface area (Å²) in [7, 11) is 13.0. The highest BCUT2D eigenvalue weighted by atomic mass is 32.1. The van der Waals surface area contributed by atoms with Gasteiger partial charge in [-0.3, -0.25) is 19.2 Å². The van der Waals surface area contributed by atoms with Gasteiger partial charge in [0.1, 0.15) is 32.1 Å². The fourth-order valence-electron chi connectivity index (χ4n) is 12.6. The first-order valence-electron chi connectivity index (χ1n) is 32.8. The van der Waals surface area contributed by atoms with Crippen LogP contribution in [0.5, 0.6) is 0 Å². The molecule has 28 nitrogen and oxygen atoms in total. The third-order valence-corrected chi connectivity index (χ3v) is 21.5. The van der Waals surface area contributed by atoms with Crippen LogP contribution in [0, 0.1) is 27.7 Å². The number of likely N-dealkylation sites (N-methyl/N-ethyl adjacent to an activating group) is 1. The molecule has 0 saturated carbocycles. The zero-order valence-electron chi connectivity index (χ0n) is 57.7. The topological polar surface area (TPSA) is 276 Å². The van der Waals surface area contributed by atoms with Gasteiger partial charge in [0.05, 0.1) is 39.7 Å². The largest absolute Gasteiger partial charge is 0.393 e. The quantitative estimate of drug-likeness (QED) is 0.0927. The molecule has 0 bridgehead atoms. The molecule has 3 aromatic carbocycles. The molecule has 0 spiro atoms. The van der Waals surface area contributed by atoms with Crippen LogP contribution >= 0.6 is 34.0 Å². The Labute approximate surface area is 591 Å². The summed E-state index contributed by atoms with van der Waals surface area (Å²) in [4.78, 5) is 113. The summed E-state index contributed by atoms with van der Waals surface area (Å²) in [6, 6.07) is 22.7. The summed E-state index contributed by atoms with van der Waals surface area (Å²) in [6.45, 7) is 20.2. The third kappa shape index (κ3) is 13.9. The molecule has 0 atom stereocenters. The molecule has 100 heavy (non-hydrogen) atoms. The van der Waals surface area contributed by atoms with Crippen LogP contribution in [0.1, 0.15) is 64.9 Å². The van der Waals surface area contributed by atoms with Gasteiger partial charge in [-0.1, -0.05) is 6.58 Å². The van der Waals surface area contributed by atoms with Crippen LogP contribution in [0.25, 0.3) is 0 Å². The zero-order valence-corrected chi connectivity index (χ0v) is 60.1. The molecule has 4 N–H and O–H groups in total. The number of aromatic nitrogens is 9. The lowest BCUT2D eigenvalue weighted by Crippen LogP contribution is -2.48. The number of hydrogen-bond acceptors (Lipinski definition) is 27. The Morgan fingerprint density at radius 2 is 0.830 bits per heavy atom. The van der Waals surface area contributed by atoms with Gasteiger partial charge in [0.25, 0.3) is 17.7 Å². The Kier molecular flexibility index (Phi) is 19.3. The van der Waals surface area contributed by atoms with Crippen LogP contribution in [0.3, 0.4) is 0 Å². The number of carbonyl (C=O) groups excluding carboxylic acids is 4. The average Bonchev–Trinajstić information content (AvgIpc) is 1.61. The normalized spacial score (nSPS) is 16.2. The Hall–Kier alpha value is -10.5. The Balaban J connectivity index is 0.000000135. The lowest BCUT2D eigenvalue weighted by atomic mass is 10.1. The van der Waals surface area contributed by atoms with E-state index in [2.05, 4.69) is 115 Å². The molecule has 3 saturated heterocycles. The van der Waals surface area contributed by atoms with Crippen molar-refractivity contribution in [2.24, 2.45) is 0 Å². The second-order valence-corrected chi connectivity index (χ2v) is 28.7. The van der Waals surface area contributed by atoms with Gasteiger partial charge in [-0.05, 0) is 126 Å². The van der Waals surface area contributed by atoms with Crippen LogP contribution in [0.15, 0.2) is 98.0 Å². The van der Waals surface area contributed by atoms with E-state index >= 15 is 0 Å². The van der Waals surface area contributed by atoms with Crippen LogP contribution in [-0.2, 0) is 4.79 Å². The number of aliphatic hydroxyl groups is 1. The predicted octanol–water partition coefficient (Wildman–Crippen LogP) is 9.88. The van der Waals surface area contributed by atoms with Crippen molar-refractivity contribution in [2.45, 2.75) is 46.6 Å². The fourth-order valence-corrected chi connectivity index (χ4v) is 15.2. The minimum Gasteiger partial charge on any atom is -0.393 e. The summed E-state index contributed by atoms with van der Waals surface area (Å²) in [5.41, 5.74) is 10.4. The first-order valence-corrected chi connectivity index (χ1v) is 35.3. The van der Waals surface area contributed by atoms with E-state index in [4.69, 9.17) is 15.0 Å². The van der Waals surface area contributed by atoms with Crippen molar-refractivity contribution in [3.63, 3.8) is 0 Å². The number of fused-ring (bicyclic) bond motifs is 6. The number of aryl methyl sites for hydroxylation is 4. The van der Waals surface area contributed by atoms with Crippen molar-refractivity contribution < 1.29 is 24.3 Å². The summed E-state index contributed by atoms with van der Waals surface area (Å²) < 4.78 is 0. The maximum Gasteiger partial charge on any atom is 0.279 e. The van der Waals surface area contributed by atoms with Crippen LogP contribution in [0.4, 0.5) is 101 Å². The second kappa shape index (κ2) is 28.4. The van der Waals surface area contributed by atoms with Crippen molar-refractivity contribution >= 4 is 159 Å². The maximum atomic E-state index is 13.0. The van der Waals surface area contributed by atoms with Gasteiger partial charge in [0, 0.05) is 142 Å². The molecule has 518 valence electrons. The number of aliphatic hydroxyl groups excluding tert-OH is 1. The number of amides is 4. The van der Waals surface area contributed by atoms with Gasteiger partial charge in [-0.2, -0.15) is 15.0 Å². The lowest BCUT2D eigenvalue weighted by molar-refractivity contribution is -0.126. The number of benzene rings is 3. The van der Waals surface area contributed by atoms with Gasteiger partial charge in [0.15, 0.2) is 34.5 Å². The molecule has 15 rings (SSSR count). The van der Waals surface area contributed by atoms with E-state index in [1.165, 1.54) is 45.8 Å². The number of nitrogens with zero attached hydrogens (tertiary/aromatic N) is 20. The van der Waals surface area contributed by atoms with E-state index in [-0.39, 0.29) is 29.7 Å². The van der Waals surface area contributed by atoms with Crippen molar-refractivity contribution in [3.8, 4) is 0 Å². The van der Waals surface area contributed by atoms with Crippen molar-refractivity contribution in [2.75, 3.05) is 175 Å². The number of anilines is 18. The van der Waals surface area contributed by atoms with E-state index in [9.17, 15) is 24.3 Å². The number of piperidine rings is 1. The standard InChI is InChI=1S/C25H28N8O2S.C22H26N8OS.C22H25N7O2S/c1-6-20(34)33-11-9-32(10-12-33)17-7-8-18(15(2)13-17)28-25-26-14-19-22(29-25)31(5)24-21(23(35)30(19)4)27-16(3)36-24;1-14-24-18-20(31)28(3)17-13-23-22(26-19(17)29(4)21(18)32-14)25-15-5-7-16(8-6-15)30-11-9-27(2)10-12-30;1-13-24-18-20(31)27(2)17-12-23-22(26-19(17)28(3)21(18)32-13)25-14-4-6-15(7-5-14)29-10-8-16(30)9-11-29/h6-8,13-14H,1,9-12H2,2-5H3,(H,26,28,29);5-8,13H,9-12H2,1-4H3,(H,23,25,26);4-7,12,16,30H,8-11H2,1-3H3,(H,23,25,26). The van der Waals surface area contributed by atoms with Crippen LogP contribution in [-0.4, -0.2) is 204 Å². The number of thiazole rings is 3. The van der Waals surface area contributed by atoms with Gasteiger partial charge < -0.3 is 75.0 Å². The summed E-state index contributed by atoms with van der Waals surface area (Å²) in [6.07, 6.45) is 7.79. The van der Waals surface area contributed by atoms with Crippen molar-refractivity contribution in [3.05, 3.63) is 136 Å². The van der Waals surface area contributed by atoms with Crippen molar-refractivity contribution in [1.29, 1.82) is 0 Å². The Morgan fingerprint density at radius 3 is 1.22 bits per heavy atom. The number of rotatable bonds is 10. The van der Waals surface area contributed by atoms with E-state index in [1.54, 1.807) is 54.4 Å². The Bertz CT molecular complexity index is 4400. The van der Waals surface area contributed by atoms with E-state index in [1.807, 2.05) is 98.8 Å². The SMILES string of the molecule is C=CC(=O)N1CCN(c2ccc(Nc3ncc4c(n3)N(C)c3sc(C)nc3C(=O)N4C)c(C)c2)CC1.Cc1nc2c(s1)N(C)c1nc(Nc3ccc(N4CCC(O)CC4)cc3)ncc1N(C)C2=O.Cc1nc2c(s1)N(C)c1nc(Nc3ccc(N4CCN(C)CC4)cc3)ncc1N(C)C2=O. The first-order chi connectivity index (χ1) is 48.1. The lowest BCUT2D eigenvalue weighted by Gasteiger charge is -2.36. The fraction of sp³-hybridized carbons (Fsp3) is 0.348. The minimum absolute atomic E-state index is 0.0194. The highest BCUT2D eigenvalue weighted by Gasteiger charge is 2.36. The summed E-state index contributed by atoms with van der Waals surface area (Å²) in [5.74, 6) is 2.80. The molecule has 9 aromatic rings. The van der Waals surface area contributed by atoms with E-state index in [0.717, 1.165) is 129 Å². The molecule has 4 amide bonds. The zero-order chi connectivity index (χ0) is 70.4. The number of piperazine rings is 2. The molecule has 31 heteroatoms. The molecule has 0 aliphatic carbocycles. The Morgan fingerprint density at radius 1 is 0.470 bits per heavy atom. The summed E-state index contributed by atoms with van der Waals surface area (Å²) in [5, 5.41) is 24.4. The third-order valence-electron chi connectivity index (χ3n) is 18.4. The van der Waals surface area contributed by atoms with Crippen molar-refractivity contribution in [1.82, 2.24) is 54.7 Å². The van der Waals surface area contributed by atoms with Gasteiger partial charge in [-0.25, -0.2) is 29.9 Å². The highest BCUT2D eigenvalue weighted by molar-refractivity contribution is 7.17. The molecule has 6 aliphatic heterocycles. The van der Waals surface area contributed by atoms with Crippen LogP contribution in [0.2, 0.25) is 0 Å². The van der Waals surface area contributed by atoms with Gasteiger partial charge in [-0.15, -0.1) is 34.0 Å². The molecule has 3 fully saturated rings. The minimum atomic E-state index is -0.185. The van der Waals surface area contributed by atoms with E-state index < -0.39 is 0 Å². The molecule has 0 radical (unpaired) electrons. The average molecular weight is 1410 g/mol. The number of hydrogen-bond donors (Lipinski definition) is 4. The number of nitrogens with one attached hydrogen (secondary N) is 3. The molecular weight excluding hydrogens is 1330 g/mol. The summed E-state index contributed by atoms with van der Waals surface area (Å²) >= 11 is 4.42. The second-order valence-electron chi connectivity index (χ2n) is 25.1. The molecule has 6 aliphatic rings. The first kappa shape index (κ1) is 68.1. The highest BCUT2D eigenvalue weighted by Crippen LogP contribution is 2.45. The monoisotopic (exact) mass is 1410 g/mol. The molecular formula is C69H79N23O5S3. The number of carbonyl (C=O) groups is 4.